The molecule has 1 unspecified atom stereocenters. The van der Waals surface area contributed by atoms with Gasteiger partial charge in [0.15, 0.2) is 5.69 Å². The second kappa shape index (κ2) is 7.04. The van der Waals surface area contributed by atoms with E-state index in [1.54, 1.807) is 35.0 Å². The van der Waals surface area contributed by atoms with Crippen molar-refractivity contribution in [2.75, 3.05) is 6.54 Å². The lowest BCUT2D eigenvalue weighted by atomic mass is 9.98. The summed E-state index contributed by atoms with van der Waals surface area (Å²) in [7, 11) is 1.72. The summed E-state index contributed by atoms with van der Waals surface area (Å²) in [6.45, 7) is 0.524. The van der Waals surface area contributed by atoms with Crippen LogP contribution in [-0.2, 0) is 11.8 Å². The minimum absolute atomic E-state index is 0.0650. The molecule has 2 aromatic rings. The van der Waals surface area contributed by atoms with E-state index in [0.29, 0.717) is 24.1 Å². The van der Waals surface area contributed by atoms with Crippen molar-refractivity contribution in [2.24, 2.45) is 7.05 Å². The van der Waals surface area contributed by atoms with Crippen molar-refractivity contribution >= 4 is 11.9 Å². The molecule has 0 saturated carbocycles. The quantitative estimate of drug-likeness (QED) is 0.924. The fourth-order valence-electron chi connectivity index (χ4n) is 3.30. The first-order valence-electron chi connectivity index (χ1n) is 8.28. The molecule has 1 amide bonds. The fourth-order valence-corrected chi connectivity index (χ4v) is 3.30. The predicted molar refractivity (Wildman–Crippen MR) is 89.5 cm³/mol. The maximum atomic E-state index is 13.2. The highest BCUT2D eigenvalue weighted by molar-refractivity contribution is 5.99. The van der Waals surface area contributed by atoms with Crippen LogP contribution in [0.3, 0.4) is 0 Å². The van der Waals surface area contributed by atoms with E-state index >= 15 is 0 Å². The summed E-state index contributed by atoms with van der Waals surface area (Å²) in [6.07, 6.45) is 4.09. The third-order valence-corrected chi connectivity index (χ3v) is 4.48. The number of carbonyl (C=O) groups excluding carboxylic acids is 1. The van der Waals surface area contributed by atoms with E-state index in [4.69, 9.17) is 5.11 Å². The molecule has 1 N–H and O–H groups in total. The van der Waals surface area contributed by atoms with Gasteiger partial charge in [0.1, 0.15) is 5.82 Å². The van der Waals surface area contributed by atoms with Gasteiger partial charge in [0, 0.05) is 31.4 Å². The molecule has 132 valence electrons. The molecule has 1 atom stereocenters. The Morgan fingerprint density at radius 1 is 1.28 bits per heavy atom. The van der Waals surface area contributed by atoms with Gasteiger partial charge < -0.3 is 10.0 Å². The molecule has 1 aromatic heterocycles. The van der Waals surface area contributed by atoms with Crippen LogP contribution in [0.2, 0.25) is 0 Å². The standard InChI is InChI=1S/C18H20FN3O3/c1-21-11-15(12-5-7-13(19)8-6-12)17(20-21)18(25)22-9-3-2-4-14(22)10-16(23)24/h5-8,11,14H,2-4,9-10H2,1H3,(H,23,24). The number of aliphatic carboxylic acids is 1. The van der Waals surface area contributed by atoms with Crippen molar-refractivity contribution in [2.45, 2.75) is 31.7 Å². The molecule has 0 spiro atoms. The zero-order chi connectivity index (χ0) is 18.0. The number of nitrogens with zero attached hydrogens (tertiary/aromatic N) is 3. The lowest BCUT2D eigenvalue weighted by molar-refractivity contribution is -0.138. The average Bonchev–Trinajstić information content (AvgIpc) is 2.97. The number of piperidine rings is 1. The minimum Gasteiger partial charge on any atom is -0.481 e. The van der Waals surface area contributed by atoms with Gasteiger partial charge in [0.25, 0.3) is 5.91 Å². The highest BCUT2D eigenvalue weighted by atomic mass is 19.1. The normalized spacial score (nSPS) is 17.5. The summed E-state index contributed by atoms with van der Waals surface area (Å²) >= 11 is 0. The molecule has 7 heteroatoms. The molecule has 1 aliphatic heterocycles. The molecule has 2 heterocycles. The molecule has 6 nitrogen and oxygen atoms in total. The smallest absolute Gasteiger partial charge is 0.305 e. The number of rotatable bonds is 4. The highest BCUT2D eigenvalue weighted by Gasteiger charge is 2.31. The molecule has 0 aliphatic carbocycles. The van der Waals surface area contributed by atoms with Crippen molar-refractivity contribution in [3.63, 3.8) is 0 Å². The van der Waals surface area contributed by atoms with Crippen LogP contribution in [0.5, 0.6) is 0 Å². The van der Waals surface area contributed by atoms with Gasteiger partial charge in [-0.05, 0) is 37.0 Å². The van der Waals surface area contributed by atoms with E-state index in [-0.39, 0.29) is 29.9 Å². The Balaban J connectivity index is 1.93. The van der Waals surface area contributed by atoms with Crippen LogP contribution in [0, 0.1) is 5.82 Å². The van der Waals surface area contributed by atoms with Gasteiger partial charge >= 0.3 is 5.97 Å². The maximum Gasteiger partial charge on any atom is 0.305 e. The number of benzene rings is 1. The van der Waals surface area contributed by atoms with E-state index < -0.39 is 5.97 Å². The summed E-state index contributed by atoms with van der Waals surface area (Å²) in [5.41, 5.74) is 1.59. The van der Waals surface area contributed by atoms with Crippen molar-refractivity contribution in [1.82, 2.24) is 14.7 Å². The Labute approximate surface area is 144 Å². The third-order valence-electron chi connectivity index (χ3n) is 4.48. The summed E-state index contributed by atoms with van der Waals surface area (Å²) < 4.78 is 14.7. The van der Waals surface area contributed by atoms with Crippen LogP contribution in [-0.4, -0.2) is 44.3 Å². The molecule has 1 aliphatic rings. The Morgan fingerprint density at radius 3 is 2.68 bits per heavy atom. The zero-order valence-electron chi connectivity index (χ0n) is 14.0. The molecule has 0 radical (unpaired) electrons. The maximum absolute atomic E-state index is 13.2. The number of hydrogen-bond acceptors (Lipinski definition) is 3. The molecule has 3 rings (SSSR count). The van der Waals surface area contributed by atoms with E-state index in [2.05, 4.69) is 5.10 Å². The van der Waals surface area contributed by atoms with Crippen LogP contribution >= 0.6 is 0 Å². The monoisotopic (exact) mass is 345 g/mol. The number of amides is 1. The van der Waals surface area contributed by atoms with Crippen LogP contribution in [0.15, 0.2) is 30.5 Å². The SMILES string of the molecule is Cn1cc(-c2ccc(F)cc2)c(C(=O)N2CCCCC2CC(=O)O)n1. The predicted octanol–water partition coefficient (Wildman–Crippen LogP) is 2.70. The third kappa shape index (κ3) is 3.70. The number of aromatic nitrogens is 2. The molecule has 1 aromatic carbocycles. The molecule has 25 heavy (non-hydrogen) atoms. The number of hydrogen-bond donors (Lipinski definition) is 1. The van der Waals surface area contributed by atoms with Gasteiger partial charge in [-0.3, -0.25) is 14.3 Å². The van der Waals surface area contributed by atoms with Crippen molar-refractivity contribution in [1.29, 1.82) is 0 Å². The topological polar surface area (TPSA) is 75.4 Å². The Kier molecular flexibility index (Phi) is 4.83. The van der Waals surface area contributed by atoms with Gasteiger partial charge in [0.05, 0.1) is 6.42 Å². The summed E-state index contributed by atoms with van der Waals surface area (Å²) in [6, 6.07) is 5.57. The van der Waals surface area contributed by atoms with Crippen LogP contribution < -0.4 is 0 Å². The summed E-state index contributed by atoms with van der Waals surface area (Å²) in [5, 5.41) is 13.4. The van der Waals surface area contributed by atoms with Crippen molar-refractivity contribution in [3.05, 3.63) is 42.0 Å². The van der Waals surface area contributed by atoms with Gasteiger partial charge in [-0.1, -0.05) is 12.1 Å². The first kappa shape index (κ1) is 17.1. The number of aryl methyl sites for hydroxylation is 1. The molecular weight excluding hydrogens is 325 g/mol. The highest BCUT2D eigenvalue weighted by Crippen LogP contribution is 2.27. The second-order valence-corrected chi connectivity index (χ2v) is 6.32. The van der Waals surface area contributed by atoms with E-state index in [0.717, 1.165) is 12.8 Å². The Bertz CT molecular complexity index is 785. The molecular formula is C18H20FN3O3. The van der Waals surface area contributed by atoms with Crippen molar-refractivity contribution in [3.8, 4) is 11.1 Å². The number of carboxylic acids is 1. The van der Waals surface area contributed by atoms with Crippen LogP contribution in [0.4, 0.5) is 4.39 Å². The molecule has 0 bridgehead atoms. The lowest BCUT2D eigenvalue weighted by Gasteiger charge is -2.34. The molecule has 1 fully saturated rings. The first-order valence-corrected chi connectivity index (χ1v) is 8.28. The van der Waals surface area contributed by atoms with E-state index in [1.165, 1.54) is 12.1 Å². The number of halogens is 1. The number of carbonyl (C=O) groups is 2. The number of likely N-dealkylation sites (tertiary alicyclic amines) is 1. The van der Waals surface area contributed by atoms with Gasteiger partial charge in [0.2, 0.25) is 0 Å². The van der Waals surface area contributed by atoms with Gasteiger partial charge in [-0.2, -0.15) is 5.10 Å². The largest absolute Gasteiger partial charge is 0.481 e. The van der Waals surface area contributed by atoms with E-state index in [9.17, 15) is 14.0 Å². The molecule has 1 saturated heterocycles. The van der Waals surface area contributed by atoms with Crippen LogP contribution in [0.1, 0.15) is 36.2 Å². The summed E-state index contributed by atoms with van der Waals surface area (Å²) in [5.74, 6) is -1.53. The summed E-state index contributed by atoms with van der Waals surface area (Å²) in [4.78, 5) is 25.8. The minimum atomic E-state index is -0.913. The Hall–Kier alpha value is -2.70. The van der Waals surface area contributed by atoms with Crippen LogP contribution in [0.25, 0.3) is 11.1 Å². The zero-order valence-corrected chi connectivity index (χ0v) is 14.0. The Morgan fingerprint density at radius 2 is 2.00 bits per heavy atom. The van der Waals surface area contributed by atoms with Crippen molar-refractivity contribution < 1.29 is 19.1 Å². The van der Waals surface area contributed by atoms with E-state index in [1.807, 2.05) is 0 Å². The number of carboxylic acid groups (broad SMARTS) is 1. The average molecular weight is 345 g/mol. The van der Waals surface area contributed by atoms with Gasteiger partial charge in [-0.25, -0.2) is 4.39 Å². The fraction of sp³-hybridized carbons (Fsp3) is 0.389. The second-order valence-electron chi connectivity index (χ2n) is 6.32. The lowest BCUT2D eigenvalue weighted by Crippen LogP contribution is -2.45. The van der Waals surface area contributed by atoms with Gasteiger partial charge in [-0.15, -0.1) is 0 Å². The first-order chi connectivity index (χ1) is 12.0.